The van der Waals surface area contributed by atoms with Crippen LogP contribution in [0.3, 0.4) is 0 Å². The zero-order valence-corrected chi connectivity index (χ0v) is 19.0. The van der Waals surface area contributed by atoms with Crippen LogP contribution in [0.1, 0.15) is 0 Å². The molecule has 0 saturated heterocycles. The van der Waals surface area contributed by atoms with E-state index in [1.54, 1.807) is 6.20 Å². The van der Waals surface area contributed by atoms with Gasteiger partial charge in [-0.05, 0) is 15.9 Å². The fraction of sp³-hybridized carbons (Fsp3) is 0. The van der Waals surface area contributed by atoms with Crippen molar-refractivity contribution in [2.24, 2.45) is 10.2 Å². The van der Waals surface area contributed by atoms with Crippen LogP contribution in [0.25, 0.3) is 27.6 Å². The van der Waals surface area contributed by atoms with Crippen molar-refractivity contribution in [2.75, 3.05) is 0 Å². The van der Waals surface area contributed by atoms with Crippen molar-refractivity contribution in [3.8, 4) is 27.6 Å². The number of nitrogens with one attached hydrogen (secondary N) is 1. The first-order chi connectivity index (χ1) is 15.2. The highest BCUT2D eigenvalue weighted by Gasteiger charge is 2.19. The molecule has 3 heterocycles. The lowest BCUT2D eigenvalue weighted by Crippen LogP contribution is -2.13. The first kappa shape index (κ1) is 19.7. The maximum atomic E-state index is 13.3. The van der Waals surface area contributed by atoms with Gasteiger partial charge in [0.1, 0.15) is 0 Å². The summed E-state index contributed by atoms with van der Waals surface area (Å²) in [6.07, 6.45) is 1.65. The fourth-order valence-electron chi connectivity index (χ4n) is 2.96. The van der Waals surface area contributed by atoms with Crippen molar-refractivity contribution >= 4 is 49.4 Å². The predicted octanol–water partition coefficient (Wildman–Crippen LogP) is 6.59. The molecule has 0 aliphatic rings. The normalized spacial score (nSPS) is 11.4. The number of aromatic amines is 1. The zero-order chi connectivity index (χ0) is 21.2. The van der Waals surface area contributed by atoms with Gasteiger partial charge in [0, 0.05) is 16.5 Å². The Hall–Kier alpha value is -3.21. The number of nitrogens with zero attached hydrogens (tertiary/aromatic N) is 5. The molecule has 0 amide bonds. The lowest BCUT2D eigenvalue weighted by molar-refractivity contribution is 0.843. The summed E-state index contributed by atoms with van der Waals surface area (Å²) in [5, 5.41) is 14.5. The third-order valence-corrected chi connectivity index (χ3v) is 6.57. The second kappa shape index (κ2) is 8.50. The fourth-order valence-corrected chi connectivity index (χ4v) is 4.75. The summed E-state index contributed by atoms with van der Waals surface area (Å²) >= 11 is 6.07. The average molecular weight is 509 g/mol. The summed E-state index contributed by atoms with van der Waals surface area (Å²) in [4.78, 5) is 22.0. The Balaban J connectivity index is 1.61. The first-order valence-electron chi connectivity index (χ1n) is 9.14. The maximum absolute atomic E-state index is 13.3. The largest absolute Gasteiger partial charge is 0.301 e. The number of thiazole rings is 2. The molecule has 0 bridgehead atoms. The van der Waals surface area contributed by atoms with Gasteiger partial charge in [0.25, 0.3) is 0 Å². The summed E-state index contributed by atoms with van der Waals surface area (Å²) in [5.74, 6) is 0. The van der Waals surface area contributed by atoms with E-state index in [0.29, 0.717) is 16.0 Å². The molecule has 3 aromatic heterocycles. The summed E-state index contributed by atoms with van der Waals surface area (Å²) in [6, 6.07) is 19.4. The molecule has 0 fully saturated rings. The van der Waals surface area contributed by atoms with E-state index in [1.165, 1.54) is 27.4 Å². The van der Waals surface area contributed by atoms with Gasteiger partial charge in [-0.3, -0.25) is 9.89 Å². The van der Waals surface area contributed by atoms with Gasteiger partial charge in [-0.15, -0.1) is 21.6 Å². The highest BCUT2D eigenvalue weighted by molar-refractivity contribution is 9.11. The Kier molecular flexibility index (Phi) is 5.41. The third-order valence-electron chi connectivity index (χ3n) is 4.38. The van der Waals surface area contributed by atoms with E-state index in [1.807, 2.05) is 66.0 Å². The Labute approximate surface area is 192 Å². The molecule has 1 N–H and O–H groups in total. The molecule has 31 heavy (non-hydrogen) atoms. The van der Waals surface area contributed by atoms with Gasteiger partial charge in [-0.25, -0.2) is 9.97 Å². The van der Waals surface area contributed by atoms with Crippen molar-refractivity contribution in [3.63, 3.8) is 0 Å². The van der Waals surface area contributed by atoms with Crippen molar-refractivity contribution in [1.82, 2.24) is 19.7 Å². The molecule has 10 heteroatoms. The van der Waals surface area contributed by atoms with Crippen molar-refractivity contribution in [1.29, 1.82) is 0 Å². The smallest absolute Gasteiger partial charge is 0.286 e. The van der Waals surface area contributed by atoms with Crippen molar-refractivity contribution < 1.29 is 0 Å². The SMILES string of the molecule is O=c1c(N=Nc2ncc(Br)s2)c(-c2ccccc2)[nH]n1-c1nc(-c2ccccc2)cs1. The van der Waals surface area contributed by atoms with Crippen LogP contribution in [0.4, 0.5) is 10.8 Å². The molecule has 0 saturated carbocycles. The molecule has 7 nitrogen and oxygen atoms in total. The van der Waals surface area contributed by atoms with E-state index in [-0.39, 0.29) is 11.2 Å². The molecule has 0 aliphatic heterocycles. The lowest BCUT2D eigenvalue weighted by atomic mass is 10.1. The molecule has 5 rings (SSSR count). The van der Waals surface area contributed by atoms with Crippen LogP contribution < -0.4 is 5.56 Å². The summed E-state index contributed by atoms with van der Waals surface area (Å²) in [6.45, 7) is 0. The van der Waals surface area contributed by atoms with Crippen LogP contribution in [0, 0.1) is 0 Å². The Bertz CT molecular complexity index is 1420. The Morgan fingerprint density at radius 2 is 1.68 bits per heavy atom. The topological polar surface area (TPSA) is 88.3 Å². The number of benzene rings is 2. The number of hydrogen-bond donors (Lipinski definition) is 1. The minimum Gasteiger partial charge on any atom is -0.286 e. The van der Waals surface area contributed by atoms with Crippen LogP contribution in [0.2, 0.25) is 0 Å². The molecule has 0 radical (unpaired) electrons. The highest BCUT2D eigenvalue weighted by Crippen LogP contribution is 2.31. The predicted molar refractivity (Wildman–Crippen MR) is 127 cm³/mol. The standard InChI is InChI=1S/C21H13BrN6OS2/c22-16-11-23-20(31-16)26-25-18-17(14-9-5-2-6-10-14)27-28(19(18)29)21-24-15(12-30-21)13-7-3-1-4-8-13/h1-12,27H. The molecule has 152 valence electrons. The maximum Gasteiger partial charge on any atom is 0.301 e. The van der Waals surface area contributed by atoms with Gasteiger partial charge < -0.3 is 0 Å². The summed E-state index contributed by atoms with van der Waals surface area (Å²) in [5.41, 5.74) is 3.07. The third kappa shape index (κ3) is 4.05. The molecule has 0 aliphatic carbocycles. The van der Waals surface area contributed by atoms with Gasteiger partial charge in [-0.2, -0.15) is 4.68 Å². The van der Waals surface area contributed by atoms with Crippen molar-refractivity contribution in [2.45, 2.75) is 0 Å². The number of H-pyrrole nitrogens is 1. The monoisotopic (exact) mass is 508 g/mol. The van der Waals surface area contributed by atoms with Crippen LogP contribution >= 0.6 is 38.6 Å². The molecule has 0 spiro atoms. The minimum absolute atomic E-state index is 0.203. The van der Waals surface area contributed by atoms with E-state index < -0.39 is 0 Å². The quantitative estimate of drug-likeness (QED) is 0.271. The number of azo groups is 1. The minimum atomic E-state index is -0.327. The second-order valence-electron chi connectivity index (χ2n) is 6.37. The number of aromatic nitrogens is 4. The summed E-state index contributed by atoms with van der Waals surface area (Å²) < 4.78 is 2.25. The van der Waals surface area contributed by atoms with E-state index in [2.05, 4.69) is 41.2 Å². The van der Waals surface area contributed by atoms with E-state index in [0.717, 1.165) is 20.6 Å². The number of rotatable bonds is 5. The van der Waals surface area contributed by atoms with Gasteiger partial charge in [0.2, 0.25) is 10.3 Å². The first-order valence-corrected chi connectivity index (χ1v) is 11.6. The van der Waals surface area contributed by atoms with E-state index in [4.69, 9.17) is 0 Å². The Morgan fingerprint density at radius 3 is 2.35 bits per heavy atom. The molecule has 0 atom stereocenters. The molecule has 5 aromatic rings. The van der Waals surface area contributed by atoms with Crippen LogP contribution in [-0.2, 0) is 0 Å². The van der Waals surface area contributed by atoms with Crippen LogP contribution in [-0.4, -0.2) is 19.7 Å². The van der Waals surface area contributed by atoms with Crippen molar-refractivity contribution in [3.05, 3.63) is 86.4 Å². The summed E-state index contributed by atoms with van der Waals surface area (Å²) in [7, 11) is 0. The molecule has 2 aromatic carbocycles. The Morgan fingerprint density at radius 1 is 0.968 bits per heavy atom. The van der Waals surface area contributed by atoms with E-state index in [9.17, 15) is 4.79 Å². The van der Waals surface area contributed by atoms with Gasteiger partial charge >= 0.3 is 5.56 Å². The van der Waals surface area contributed by atoms with Crippen LogP contribution in [0.5, 0.6) is 0 Å². The zero-order valence-electron chi connectivity index (χ0n) is 15.8. The second-order valence-corrected chi connectivity index (χ2v) is 9.60. The average Bonchev–Trinajstić information content (AvgIpc) is 3.53. The van der Waals surface area contributed by atoms with Gasteiger partial charge in [0.15, 0.2) is 5.69 Å². The number of hydrogen-bond acceptors (Lipinski definition) is 7. The molecular formula is C21H13BrN6OS2. The number of halogens is 1. The van der Waals surface area contributed by atoms with E-state index >= 15 is 0 Å². The van der Waals surface area contributed by atoms with Crippen LogP contribution in [0.15, 0.2) is 91.1 Å². The lowest BCUT2D eigenvalue weighted by Gasteiger charge is -1.98. The van der Waals surface area contributed by atoms with Gasteiger partial charge in [-0.1, -0.05) is 72.0 Å². The van der Waals surface area contributed by atoms with Gasteiger partial charge in [0.05, 0.1) is 21.4 Å². The molecule has 0 unspecified atom stereocenters. The molecular weight excluding hydrogens is 496 g/mol. The highest BCUT2D eigenvalue weighted by atomic mass is 79.9.